The van der Waals surface area contributed by atoms with E-state index in [0.717, 1.165) is 25.9 Å². The van der Waals surface area contributed by atoms with Crippen LogP contribution >= 0.6 is 0 Å². The molecule has 4 nitrogen and oxygen atoms in total. The Hall–Kier alpha value is -0.610. The molecule has 2 unspecified atom stereocenters. The molecule has 0 aliphatic heterocycles. The minimum atomic E-state index is -0.584. The van der Waals surface area contributed by atoms with Gasteiger partial charge in [-0.1, -0.05) is 13.8 Å². The van der Waals surface area contributed by atoms with Crippen molar-refractivity contribution >= 4 is 5.97 Å². The molecule has 0 amide bonds. The van der Waals surface area contributed by atoms with Gasteiger partial charge in [0.25, 0.3) is 0 Å². The highest BCUT2D eigenvalue weighted by Crippen LogP contribution is 2.16. The van der Waals surface area contributed by atoms with E-state index in [1.807, 2.05) is 13.8 Å². The van der Waals surface area contributed by atoms with Gasteiger partial charge >= 0.3 is 5.97 Å². The second-order valence-corrected chi connectivity index (χ2v) is 5.58. The van der Waals surface area contributed by atoms with Gasteiger partial charge in [0, 0.05) is 6.61 Å². The Balaban J connectivity index is 3.93. The van der Waals surface area contributed by atoms with Crippen LogP contribution in [0.15, 0.2) is 0 Å². The Kier molecular flexibility index (Phi) is 9.02. The van der Waals surface area contributed by atoms with Crippen LogP contribution < -0.4 is 5.32 Å². The van der Waals surface area contributed by atoms with E-state index in [9.17, 15) is 4.79 Å². The summed E-state index contributed by atoms with van der Waals surface area (Å²) in [6.45, 7) is 11.3. The molecule has 2 atom stereocenters. The Labute approximate surface area is 118 Å². The molecule has 4 heteroatoms. The van der Waals surface area contributed by atoms with Gasteiger partial charge in [0.05, 0.1) is 12.7 Å². The summed E-state index contributed by atoms with van der Waals surface area (Å²) >= 11 is 0. The van der Waals surface area contributed by atoms with Crippen molar-refractivity contribution < 1.29 is 14.3 Å². The number of hydrogen-bond acceptors (Lipinski definition) is 4. The van der Waals surface area contributed by atoms with Crippen LogP contribution in [0.25, 0.3) is 0 Å². The average Bonchev–Trinajstić information content (AvgIpc) is 2.37. The summed E-state index contributed by atoms with van der Waals surface area (Å²) in [6, 6.07) is 0. The maximum atomic E-state index is 11.8. The lowest BCUT2D eigenvalue weighted by Gasteiger charge is -2.26. The minimum absolute atomic E-state index is 0.172. The fraction of sp³-hybridized carbons (Fsp3) is 0.933. The number of likely N-dealkylation sites (N-methyl/N-ethyl adjacent to an activating group) is 1. The van der Waals surface area contributed by atoms with Crippen molar-refractivity contribution in [2.75, 3.05) is 20.3 Å². The second kappa shape index (κ2) is 9.32. The number of nitrogens with one attached hydrogen (secondary N) is 1. The van der Waals surface area contributed by atoms with Crippen LogP contribution in [0, 0.1) is 5.92 Å². The number of esters is 1. The van der Waals surface area contributed by atoms with Gasteiger partial charge in [-0.3, -0.25) is 4.79 Å². The molecule has 0 bridgehead atoms. The normalized spacial score (nSPS) is 16.2. The lowest BCUT2D eigenvalue weighted by atomic mass is 9.95. The van der Waals surface area contributed by atoms with Crippen molar-refractivity contribution in [2.45, 2.75) is 65.5 Å². The Bertz CT molecular complexity index is 256. The van der Waals surface area contributed by atoms with Crippen molar-refractivity contribution in [3.63, 3.8) is 0 Å². The molecule has 0 aliphatic rings. The van der Waals surface area contributed by atoms with Gasteiger partial charge in [-0.2, -0.15) is 0 Å². The summed E-state index contributed by atoms with van der Waals surface area (Å²) in [6.07, 6.45) is 2.97. The fourth-order valence-corrected chi connectivity index (χ4v) is 1.66. The molecule has 0 heterocycles. The van der Waals surface area contributed by atoms with Crippen LogP contribution in [-0.4, -0.2) is 37.9 Å². The van der Waals surface area contributed by atoms with Crippen LogP contribution in [0.5, 0.6) is 0 Å². The standard InChI is InChI=1S/C15H31NO3/c1-7-18-14(17)15(5,16-6)10-8-9-11-19-13(4)12(2)3/h12-13,16H,7-11H2,1-6H3. The van der Waals surface area contributed by atoms with E-state index in [1.54, 1.807) is 7.05 Å². The molecule has 0 spiro atoms. The lowest BCUT2D eigenvalue weighted by molar-refractivity contribution is -0.150. The van der Waals surface area contributed by atoms with E-state index in [-0.39, 0.29) is 5.97 Å². The van der Waals surface area contributed by atoms with E-state index in [4.69, 9.17) is 9.47 Å². The molecule has 1 N–H and O–H groups in total. The molecule has 0 saturated carbocycles. The lowest BCUT2D eigenvalue weighted by Crippen LogP contribution is -2.48. The molecule has 0 aromatic rings. The summed E-state index contributed by atoms with van der Waals surface area (Å²) in [4.78, 5) is 11.8. The van der Waals surface area contributed by atoms with Crippen molar-refractivity contribution in [2.24, 2.45) is 5.92 Å². The third-order valence-electron chi connectivity index (χ3n) is 3.67. The molecule has 114 valence electrons. The minimum Gasteiger partial charge on any atom is -0.465 e. The summed E-state index contributed by atoms with van der Waals surface area (Å²) in [5.74, 6) is 0.371. The third-order valence-corrected chi connectivity index (χ3v) is 3.67. The Morgan fingerprint density at radius 3 is 2.37 bits per heavy atom. The van der Waals surface area contributed by atoms with Crippen LogP contribution in [0.3, 0.4) is 0 Å². The van der Waals surface area contributed by atoms with Crippen LogP contribution in [0.1, 0.15) is 53.9 Å². The van der Waals surface area contributed by atoms with Gasteiger partial charge in [-0.05, 0) is 53.0 Å². The van der Waals surface area contributed by atoms with Gasteiger partial charge < -0.3 is 14.8 Å². The number of carbonyl (C=O) groups is 1. The summed E-state index contributed by atoms with van der Waals surface area (Å²) in [5.41, 5.74) is -0.584. The molecule has 0 aliphatic carbocycles. The number of ether oxygens (including phenoxy) is 2. The molecule has 0 fully saturated rings. The Morgan fingerprint density at radius 1 is 1.26 bits per heavy atom. The first-order chi connectivity index (χ1) is 8.87. The quantitative estimate of drug-likeness (QED) is 0.491. The number of carbonyl (C=O) groups excluding carboxylic acids is 1. The number of hydrogen-bond donors (Lipinski definition) is 1. The molecule has 0 rings (SSSR count). The summed E-state index contributed by atoms with van der Waals surface area (Å²) in [5, 5.41) is 3.07. The molecule has 19 heavy (non-hydrogen) atoms. The van der Waals surface area contributed by atoms with Crippen molar-refractivity contribution in [3.05, 3.63) is 0 Å². The van der Waals surface area contributed by atoms with E-state index >= 15 is 0 Å². The number of rotatable bonds is 10. The first-order valence-corrected chi connectivity index (χ1v) is 7.35. The van der Waals surface area contributed by atoms with Gasteiger partial charge in [-0.15, -0.1) is 0 Å². The summed E-state index contributed by atoms with van der Waals surface area (Å²) in [7, 11) is 1.80. The van der Waals surface area contributed by atoms with Crippen LogP contribution in [0.4, 0.5) is 0 Å². The summed E-state index contributed by atoms with van der Waals surface area (Å²) < 4.78 is 10.8. The first kappa shape index (κ1) is 18.4. The van der Waals surface area contributed by atoms with E-state index in [1.165, 1.54) is 0 Å². The third kappa shape index (κ3) is 6.92. The largest absolute Gasteiger partial charge is 0.465 e. The van der Waals surface area contributed by atoms with E-state index in [2.05, 4.69) is 26.1 Å². The molecule has 0 saturated heterocycles. The Morgan fingerprint density at radius 2 is 1.89 bits per heavy atom. The zero-order valence-electron chi connectivity index (χ0n) is 13.4. The molecule has 0 radical (unpaired) electrons. The predicted octanol–water partition coefficient (Wildman–Crippen LogP) is 2.76. The zero-order valence-corrected chi connectivity index (χ0v) is 13.4. The smallest absolute Gasteiger partial charge is 0.326 e. The van der Waals surface area contributed by atoms with E-state index < -0.39 is 5.54 Å². The molecular formula is C15H31NO3. The highest BCUT2D eigenvalue weighted by atomic mass is 16.5. The molecular weight excluding hydrogens is 242 g/mol. The highest BCUT2D eigenvalue weighted by molar-refractivity contribution is 5.80. The van der Waals surface area contributed by atoms with E-state index in [0.29, 0.717) is 18.6 Å². The molecule has 0 aromatic heterocycles. The number of unbranched alkanes of at least 4 members (excludes halogenated alkanes) is 1. The highest BCUT2D eigenvalue weighted by Gasteiger charge is 2.32. The fourth-order valence-electron chi connectivity index (χ4n) is 1.66. The van der Waals surface area contributed by atoms with Crippen molar-refractivity contribution in [1.29, 1.82) is 0 Å². The van der Waals surface area contributed by atoms with Gasteiger partial charge in [0.15, 0.2) is 0 Å². The van der Waals surface area contributed by atoms with Gasteiger partial charge in [0.2, 0.25) is 0 Å². The molecule has 0 aromatic carbocycles. The van der Waals surface area contributed by atoms with Crippen molar-refractivity contribution in [3.8, 4) is 0 Å². The average molecular weight is 273 g/mol. The van der Waals surface area contributed by atoms with Gasteiger partial charge in [0.1, 0.15) is 5.54 Å². The van der Waals surface area contributed by atoms with Crippen molar-refractivity contribution in [1.82, 2.24) is 5.32 Å². The predicted molar refractivity (Wildman–Crippen MR) is 78.2 cm³/mol. The topological polar surface area (TPSA) is 47.6 Å². The first-order valence-electron chi connectivity index (χ1n) is 7.35. The maximum absolute atomic E-state index is 11.8. The maximum Gasteiger partial charge on any atom is 0.326 e. The second-order valence-electron chi connectivity index (χ2n) is 5.58. The van der Waals surface area contributed by atoms with Crippen LogP contribution in [0.2, 0.25) is 0 Å². The monoisotopic (exact) mass is 273 g/mol. The van der Waals surface area contributed by atoms with Gasteiger partial charge in [-0.25, -0.2) is 0 Å². The SMILES string of the molecule is CCOC(=O)C(C)(CCCCOC(C)C(C)C)NC. The van der Waals surface area contributed by atoms with Crippen LogP contribution in [-0.2, 0) is 14.3 Å². The zero-order chi connectivity index (χ0) is 14.9.